The van der Waals surface area contributed by atoms with E-state index in [1.807, 2.05) is 24.3 Å². The standard InChI is InChI=1S/C24H23N3O4S/c1-3-4-8-13-31-18-12-11-16(14-19(18)30-2)15-20-23(29)27-24(32-20)25-22(28)21(26-27)17-9-6-5-7-10-17/h5-7,9-12,14-15H,3-4,8,13H2,1-2H3/b20-15+. The lowest BCUT2D eigenvalue weighted by Gasteiger charge is -2.11. The highest BCUT2D eigenvalue weighted by Gasteiger charge is 2.13. The van der Waals surface area contributed by atoms with Crippen molar-refractivity contribution < 1.29 is 9.47 Å². The van der Waals surface area contributed by atoms with E-state index in [2.05, 4.69) is 17.0 Å². The van der Waals surface area contributed by atoms with Gasteiger partial charge in [-0.05, 0) is 30.2 Å². The van der Waals surface area contributed by atoms with Gasteiger partial charge in [-0.15, -0.1) is 0 Å². The third-order valence-corrected chi connectivity index (χ3v) is 5.88. The lowest BCUT2D eigenvalue weighted by molar-refractivity contribution is 0.286. The summed E-state index contributed by atoms with van der Waals surface area (Å²) in [7, 11) is 1.58. The van der Waals surface area contributed by atoms with Crippen molar-refractivity contribution in [2.24, 2.45) is 0 Å². The fraction of sp³-hybridized carbons (Fsp3) is 0.250. The molecule has 164 valence electrons. The Hall–Kier alpha value is -3.52. The van der Waals surface area contributed by atoms with Gasteiger partial charge in [-0.3, -0.25) is 9.59 Å². The van der Waals surface area contributed by atoms with Gasteiger partial charge in [0.2, 0.25) is 4.96 Å². The fourth-order valence-corrected chi connectivity index (χ4v) is 4.17. The summed E-state index contributed by atoms with van der Waals surface area (Å²) in [4.78, 5) is 29.7. The van der Waals surface area contributed by atoms with Crippen LogP contribution in [0.2, 0.25) is 0 Å². The number of ether oxygens (including phenoxy) is 2. The zero-order valence-corrected chi connectivity index (χ0v) is 18.7. The van der Waals surface area contributed by atoms with E-state index in [4.69, 9.17) is 9.47 Å². The molecular weight excluding hydrogens is 426 g/mol. The molecular formula is C24H23N3O4S. The SMILES string of the molecule is CCCCCOc1ccc(/C=c2/sc3nc(=O)c(-c4ccccc4)nn3c2=O)cc1OC. The highest BCUT2D eigenvalue weighted by Crippen LogP contribution is 2.28. The molecule has 32 heavy (non-hydrogen) atoms. The van der Waals surface area contributed by atoms with Gasteiger partial charge in [0.1, 0.15) is 0 Å². The summed E-state index contributed by atoms with van der Waals surface area (Å²) in [5.74, 6) is 1.27. The molecule has 0 aliphatic carbocycles. The van der Waals surface area contributed by atoms with Crippen molar-refractivity contribution in [1.29, 1.82) is 0 Å². The number of thiazole rings is 1. The van der Waals surface area contributed by atoms with Crippen molar-refractivity contribution in [1.82, 2.24) is 14.6 Å². The zero-order valence-electron chi connectivity index (χ0n) is 17.9. The Bertz CT molecular complexity index is 1400. The summed E-state index contributed by atoms with van der Waals surface area (Å²) in [5, 5.41) is 4.28. The van der Waals surface area contributed by atoms with Crippen molar-refractivity contribution >= 4 is 22.4 Å². The fourth-order valence-electron chi connectivity index (χ4n) is 3.26. The topological polar surface area (TPSA) is 82.8 Å². The van der Waals surface area contributed by atoms with E-state index in [1.165, 1.54) is 4.52 Å². The number of benzene rings is 2. The van der Waals surface area contributed by atoms with Crippen LogP contribution < -0.4 is 25.1 Å². The van der Waals surface area contributed by atoms with Crippen molar-refractivity contribution in [2.45, 2.75) is 26.2 Å². The average Bonchev–Trinajstić information content (AvgIpc) is 3.11. The monoisotopic (exact) mass is 449 g/mol. The lowest BCUT2D eigenvalue weighted by Crippen LogP contribution is -2.26. The van der Waals surface area contributed by atoms with Gasteiger partial charge in [0.25, 0.3) is 5.56 Å². The summed E-state index contributed by atoms with van der Waals surface area (Å²) < 4.78 is 12.9. The summed E-state index contributed by atoms with van der Waals surface area (Å²) in [6.45, 7) is 2.77. The number of aromatic nitrogens is 3. The maximum Gasteiger partial charge on any atom is 0.300 e. The number of hydrogen-bond donors (Lipinski definition) is 0. The molecule has 8 heteroatoms. The molecule has 0 aliphatic heterocycles. The van der Waals surface area contributed by atoms with Gasteiger partial charge < -0.3 is 9.47 Å². The van der Waals surface area contributed by atoms with E-state index in [0.717, 1.165) is 36.2 Å². The Labute approximate surface area is 188 Å². The normalized spacial score (nSPS) is 11.8. The van der Waals surface area contributed by atoms with Gasteiger partial charge in [0, 0.05) is 5.56 Å². The third-order valence-electron chi connectivity index (χ3n) is 4.92. The van der Waals surface area contributed by atoms with Crippen LogP contribution in [-0.4, -0.2) is 28.3 Å². The minimum atomic E-state index is -0.463. The second kappa shape index (κ2) is 9.74. The first-order valence-corrected chi connectivity index (χ1v) is 11.2. The molecule has 4 aromatic rings. The maximum absolute atomic E-state index is 12.9. The van der Waals surface area contributed by atoms with Crippen molar-refractivity contribution in [3.8, 4) is 22.8 Å². The summed E-state index contributed by atoms with van der Waals surface area (Å²) in [6, 6.07) is 14.5. The van der Waals surface area contributed by atoms with E-state index >= 15 is 0 Å². The van der Waals surface area contributed by atoms with Crippen molar-refractivity contribution in [3.63, 3.8) is 0 Å². The first-order chi connectivity index (χ1) is 15.6. The first kappa shape index (κ1) is 21.7. The molecule has 0 unspecified atom stereocenters. The Balaban J connectivity index is 1.70. The van der Waals surface area contributed by atoms with Crippen LogP contribution in [0.4, 0.5) is 0 Å². The second-order valence-corrected chi connectivity index (χ2v) is 8.22. The number of fused-ring (bicyclic) bond motifs is 1. The molecule has 0 aliphatic rings. The van der Waals surface area contributed by atoms with Gasteiger partial charge in [0.15, 0.2) is 17.2 Å². The van der Waals surface area contributed by atoms with Crippen LogP contribution in [0.25, 0.3) is 22.3 Å². The van der Waals surface area contributed by atoms with E-state index in [9.17, 15) is 9.59 Å². The molecule has 2 aromatic heterocycles. The van der Waals surface area contributed by atoms with E-state index < -0.39 is 5.56 Å². The largest absolute Gasteiger partial charge is 0.493 e. The number of unbranched alkanes of at least 4 members (excludes halogenated alkanes) is 2. The molecule has 0 atom stereocenters. The van der Waals surface area contributed by atoms with Crippen molar-refractivity contribution in [3.05, 3.63) is 79.3 Å². The molecule has 2 heterocycles. The maximum atomic E-state index is 12.9. The summed E-state index contributed by atoms with van der Waals surface area (Å²) in [5.41, 5.74) is 0.756. The summed E-state index contributed by atoms with van der Waals surface area (Å²) in [6.07, 6.45) is 4.96. The highest BCUT2D eigenvalue weighted by molar-refractivity contribution is 7.15. The molecule has 0 saturated heterocycles. The Morgan fingerprint density at radius 3 is 2.62 bits per heavy atom. The van der Waals surface area contributed by atoms with Crippen LogP contribution in [0.1, 0.15) is 31.7 Å². The van der Waals surface area contributed by atoms with Gasteiger partial charge in [-0.2, -0.15) is 14.6 Å². The molecule has 0 radical (unpaired) electrons. The summed E-state index contributed by atoms with van der Waals surface area (Å²) >= 11 is 1.12. The minimum absolute atomic E-state index is 0.149. The lowest BCUT2D eigenvalue weighted by atomic mass is 10.2. The zero-order chi connectivity index (χ0) is 22.5. The molecule has 4 rings (SSSR count). The average molecular weight is 450 g/mol. The number of rotatable bonds is 8. The third kappa shape index (κ3) is 4.55. The molecule has 7 nitrogen and oxygen atoms in total. The molecule has 0 saturated carbocycles. The quantitative estimate of drug-likeness (QED) is 0.384. The molecule has 2 aromatic carbocycles. The van der Waals surface area contributed by atoms with Gasteiger partial charge in [-0.25, -0.2) is 0 Å². The number of hydrogen-bond acceptors (Lipinski definition) is 7. The Kier molecular flexibility index (Phi) is 6.61. The van der Waals surface area contributed by atoms with Crippen LogP contribution in [0, 0.1) is 0 Å². The van der Waals surface area contributed by atoms with Gasteiger partial charge in [0.05, 0.1) is 18.2 Å². The molecule has 0 spiro atoms. The van der Waals surface area contributed by atoms with Crippen LogP contribution in [0.15, 0.2) is 58.1 Å². The first-order valence-electron chi connectivity index (χ1n) is 10.4. The molecule has 0 bridgehead atoms. The Morgan fingerprint density at radius 2 is 1.88 bits per heavy atom. The van der Waals surface area contributed by atoms with Crippen LogP contribution in [0.3, 0.4) is 0 Å². The predicted octanol–water partition coefficient (Wildman–Crippen LogP) is 3.30. The Morgan fingerprint density at radius 1 is 1.06 bits per heavy atom. The highest BCUT2D eigenvalue weighted by atomic mass is 32.1. The second-order valence-electron chi connectivity index (χ2n) is 7.21. The van der Waals surface area contributed by atoms with Gasteiger partial charge in [-0.1, -0.05) is 67.5 Å². The van der Waals surface area contributed by atoms with Crippen LogP contribution in [-0.2, 0) is 0 Å². The van der Waals surface area contributed by atoms with E-state index in [-0.39, 0.29) is 16.2 Å². The predicted molar refractivity (Wildman–Crippen MR) is 126 cm³/mol. The smallest absolute Gasteiger partial charge is 0.300 e. The number of nitrogens with zero attached hydrogens (tertiary/aromatic N) is 3. The van der Waals surface area contributed by atoms with Crippen molar-refractivity contribution in [2.75, 3.05) is 13.7 Å². The van der Waals surface area contributed by atoms with Crippen LogP contribution in [0.5, 0.6) is 11.5 Å². The van der Waals surface area contributed by atoms with Gasteiger partial charge >= 0.3 is 5.56 Å². The minimum Gasteiger partial charge on any atom is -0.493 e. The molecule has 0 N–H and O–H groups in total. The van der Waals surface area contributed by atoms with E-state index in [1.54, 1.807) is 37.5 Å². The molecule has 0 fully saturated rings. The van der Waals surface area contributed by atoms with E-state index in [0.29, 0.717) is 28.2 Å². The molecule has 0 amide bonds. The van der Waals surface area contributed by atoms with Crippen LogP contribution >= 0.6 is 11.3 Å². The number of methoxy groups -OCH3 is 1.